The minimum Gasteiger partial charge on any atom is -0.275 e. The molecule has 0 fully saturated rings. The first kappa shape index (κ1) is 12.7. The molecule has 0 atom stereocenters. The van der Waals surface area contributed by atoms with Gasteiger partial charge in [-0.05, 0) is 18.0 Å². The normalized spacial score (nSPS) is 11.3. The SMILES string of the molecule is CCc1c(N=[N+]=[N-])c2cccc3c4ccccc4n(c1=O)c23. The van der Waals surface area contributed by atoms with Crippen LogP contribution in [0.15, 0.2) is 52.4 Å². The van der Waals surface area contributed by atoms with E-state index in [1.165, 1.54) is 0 Å². The Morgan fingerprint density at radius 2 is 1.82 bits per heavy atom. The number of para-hydroxylation sites is 2. The number of azide groups is 1. The first-order chi connectivity index (χ1) is 10.8. The molecule has 0 aliphatic rings. The molecule has 0 amide bonds. The lowest BCUT2D eigenvalue weighted by Gasteiger charge is -2.08. The maximum absolute atomic E-state index is 12.9. The van der Waals surface area contributed by atoms with Gasteiger partial charge >= 0.3 is 0 Å². The van der Waals surface area contributed by atoms with Gasteiger partial charge in [0.15, 0.2) is 0 Å². The van der Waals surface area contributed by atoms with Crippen LogP contribution in [0, 0.1) is 0 Å². The third kappa shape index (κ3) is 1.43. The Morgan fingerprint density at radius 1 is 1.09 bits per heavy atom. The summed E-state index contributed by atoms with van der Waals surface area (Å²) in [4.78, 5) is 15.8. The number of benzene rings is 2. The molecule has 2 heterocycles. The van der Waals surface area contributed by atoms with Crippen LogP contribution in [-0.2, 0) is 6.42 Å². The summed E-state index contributed by atoms with van der Waals surface area (Å²) in [6.45, 7) is 1.90. The summed E-state index contributed by atoms with van der Waals surface area (Å²) in [5.74, 6) is 0. The molecule has 4 rings (SSSR count). The van der Waals surface area contributed by atoms with E-state index in [4.69, 9.17) is 5.53 Å². The molecule has 0 radical (unpaired) electrons. The molecule has 0 aliphatic carbocycles. The quantitative estimate of drug-likeness (QED) is 0.303. The zero-order valence-corrected chi connectivity index (χ0v) is 11.9. The first-order valence-electron chi connectivity index (χ1n) is 7.13. The van der Waals surface area contributed by atoms with Gasteiger partial charge in [0.1, 0.15) is 0 Å². The fourth-order valence-electron chi connectivity index (χ4n) is 3.30. The van der Waals surface area contributed by atoms with Crippen LogP contribution >= 0.6 is 0 Å². The molecule has 5 heteroatoms. The van der Waals surface area contributed by atoms with Crippen molar-refractivity contribution in [1.82, 2.24) is 4.40 Å². The highest BCUT2D eigenvalue weighted by molar-refractivity contribution is 6.16. The molecule has 2 aromatic carbocycles. The lowest BCUT2D eigenvalue weighted by atomic mass is 10.1. The van der Waals surface area contributed by atoms with Crippen LogP contribution in [0.25, 0.3) is 37.6 Å². The van der Waals surface area contributed by atoms with Crippen LogP contribution < -0.4 is 5.56 Å². The summed E-state index contributed by atoms with van der Waals surface area (Å²) in [7, 11) is 0. The number of hydrogen-bond acceptors (Lipinski definition) is 2. The largest absolute Gasteiger partial charge is 0.275 e. The highest BCUT2D eigenvalue weighted by Crippen LogP contribution is 2.36. The van der Waals surface area contributed by atoms with E-state index in [0.717, 1.165) is 27.2 Å². The Balaban J connectivity index is 2.46. The zero-order valence-electron chi connectivity index (χ0n) is 11.9. The summed E-state index contributed by atoms with van der Waals surface area (Å²) in [5.41, 5.74) is 11.5. The average Bonchev–Trinajstić information content (AvgIpc) is 2.89. The van der Waals surface area contributed by atoms with E-state index >= 15 is 0 Å². The molecule has 4 aromatic rings. The maximum atomic E-state index is 12.9. The number of rotatable bonds is 2. The third-order valence-corrected chi connectivity index (χ3v) is 4.20. The van der Waals surface area contributed by atoms with Crippen LogP contribution in [0.4, 0.5) is 5.69 Å². The third-order valence-electron chi connectivity index (χ3n) is 4.20. The van der Waals surface area contributed by atoms with Crippen molar-refractivity contribution in [3.05, 3.63) is 68.8 Å². The number of nitrogens with zero attached hydrogens (tertiary/aromatic N) is 4. The second-order valence-corrected chi connectivity index (χ2v) is 5.23. The highest BCUT2D eigenvalue weighted by Gasteiger charge is 2.18. The van der Waals surface area contributed by atoms with Gasteiger partial charge in [-0.1, -0.05) is 48.4 Å². The van der Waals surface area contributed by atoms with E-state index < -0.39 is 0 Å². The summed E-state index contributed by atoms with van der Waals surface area (Å²) < 4.78 is 1.75. The van der Waals surface area contributed by atoms with Crippen LogP contribution in [0.2, 0.25) is 0 Å². The van der Waals surface area contributed by atoms with Crippen LogP contribution in [0.3, 0.4) is 0 Å². The van der Waals surface area contributed by atoms with Gasteiger partial charge in [-0.15, -0.1) is 0 Å². The second kappa shape index (κ2) is 4.48. The number of hydrogen-bond donors (Lipinski definition) is 0. The summed E-state index contributed by atoms with van der Waals surface area (Å²) in [5, 5.41) is 6.66. The lowest BCUT2D eigenvalue weighted by Crippen LogP contribution is -2.17. The van der Waals surface area contributed by atoms with Crippen molar-refractivity contribution in [2.45, 2.75) is 13.3 Å². The highest BCUT2D eigenvalue weighted by atomic mass is 16.1. The average molecular weight is 288 g/mol. The molecule has 0 unspecified atom stereocenters. The van der Waals surface area contributed by atoms with Crippen molar-refractivity contribution in [2.24, 2.45) is 5.11 Å². The molecule has 0 aliphatic heterocycles. The van der Waals surface area contributed by atoms with Crippen molar-refractivity contribution >= 4 is 32.9 Å². The predicted octanol–water partition coefficient (Wildman–Crippen LogP) is 4.55. The van der Waals surface area contributed by atoms with Gasteiger partial charge in [0.2, 0.25) is 0 Å². The molecule has 0 saturated carbocycles. The van der Waals surface area contributed by atoms with Crippen LogP contribution in [0.1, 0.15) is 12.5 Å². The summed E-state index contributed by atoms with van der Waals surface area (Å²) in [6, 6.07) is 13.7. The molecule has 0 N–H and O–H groups in total. The van der Waals surface area contributed by atoms with Gasteiger partial charge in [0.25, 0.3) is 5.56 Å². The lowest BCUT2D eigenvalue weighted by molar-refractivity contribution is 1.04. The van der Waals surface area contributed by atoms with Gasteiger partial charge in [0, 0.05) is 26.6 Å². The van der Waals surface area contributed by atoms with Crippen molar-refractivity contribution in [3.8, 4) is 0 Å². The van der Waals surface area contributed by atoms with E-state index in [9.17, 15) is 4.79 Å². The van der Waals surface area contributed by atoms with E-state index in [0.29, 0.717) is 17.7 Å². The van der Waals surface area contributed by atoms with Gasteiger partial charge in [-0.2, -0.15) is 0 Å². The van der Waals surface area contributed by atoms with E-state index in [2.05, 4.69) is 10.0 Å². The molecule has 0 bridgehead atoms. The molecule has 2 aromatic heterocycles. The molecule has 0 saturated heterocycles. The molecular weight excluding hydrogens is 276 g/mol. The number of fused-ring (bicyclic) bond motifs is 3. The fourth-order valence-corrected chi connectivity index (χ4v) is 3.30. The van der Waals surface area contributed by atoms with Crippen molar-refractivity contribution in [2.75, 3.05) is 0 Å². The van der Waals surface area contributed by atoms with Gasteiger partial charge in [-0.3, -0.25) is 9.20 Å². The van der Waals surface area contributed by atoms with Crippen LogP contribution in [-0.4, -0.2) is 4.40 Å². The molecule has 106 valence electrons. The van der Waals surface area contributed by atoms with Crippen molar-refractivity contribution in [1.29, 1.82) is 0 Å². The molecule has 5 nitrogen and oxygen atoms in total. The second-order valence-electron chi connectivity index (χ2n) is 5.23. The summed E-state index contributed by atoms with van der Waals surface area (Å²) in [6.07, 6.45) is 0.523. The van der Waals surface area contributed by atoms with Crippen molar-refractivity contribution < 1.29 is 0 Å². The fraction of sp³-hybridized carbons (Fsp3) is 0.118. The van der Waals surface area contributed by atoms with Crippen LogP contribution in [0.5, 0.6) is 0 Å². The smallest absolute Gasteiger partial charge is 0.259 e. The Bertz CT molecular complexity index is 1140. The topological polar surface area (TPSA) is 70.2 Å². The Kier molecular flexibility index (Phi) is 2.58. The molecular formula is C17H12N4O. The Labute approximate surface area is 125 Å². The van der Waals surface area contributed by atoms with E-state index in [1.54, 1.807) is 4.40 Å². The monoisotopic (exact) mass is 288 g/mol. The van der Waals surface area contributed by atoms with Crippen molar-refractivity contribution in [3.63, 3.8) is 0 Å². The molecule has 22 heavy (non-hydrogen) atoms. The maximum Gasteiger partial charge on any atom is 0.259 e. The molecule has 0 spiro atoms. The first-order valence-corrected chi connectivity index (χ1v) is 7.13. The zero-order chi connectivity index (χ0) is 15.3. The predicted molar refractivity (Wildman–Crippen MR) is 88.0 cm³/mol. The van der Waals surface area contributed by atoms with Gasteiger partial charge in [-0.25, -0.2) is 0 Å². The minimum atomic E-state index is -0.102. The summed E-state index contributed by atoms with van der Waals surface area (Å²) >= 11 is 0. The van der Waals surface area contributed by atoms with E-state index in [1.807, 2.05) is 49.4 Å². The minimum absolute atomic E-state index is 0.102. The Morgan fingerprint density at radius 3 is 2.59 bits per heavy atom. The standard InChI is InChI=1S/C17H12N4O/c1-2-10-15(19-20-18)13-8-5-7-12-11-6-3-4-9-14(11)21(16(12)13)17(10)22/h3-9H,2H2,1H3. The Hall–Kier alpha value is -3.04. The number of aromatic nitrogens is 1. The van der Waals surface area contributed by atoms with Gasteiger partial charge < -0.3 is 0 Å². The van der Waals surface area contributed by atoms with E-state index in [-0.39, 0.29) is 5.56 Å². The number of pyridine rings is 1. The van der Waals surface area contributed by atoms with Gasteiger partial charge in [0.05, 0.1) is 16.7 Å².